The molecule has 4 nitrogen and oxygen atoms in total. The van der Waals surface area contributed by atoms with Crippen LogP contribution < -0.4 is 10.1 Å². The van der Waals surface area contributed by atoms with Gasteiger partial charge in [-0.2, -0.15) is 17.7 Å². The van der Waals surface area contributed by atoms with Gasteiger partial charge in [0.2, 0.25) is 0 Å². The number of anilines is 2. The van der Waals surface area contributed by atoms with Gasteiger partial charge >= 0.3 is 20.1 Å². The number of para-hydroxylation sites is 4. The first-order chi connectivity index (χ1) is 29.9. The minimum absolute atomic E-state index is 0. The number of aromatic nitrogens is 1. The largest absolute Gasteiger partial charge is 3.00 e. The number of fused-ring (bicyclic) bond motifs is 4. The molecule has 1 fully saturated rings. The first-order valence-corrected chi connectivity index (χ1v) is 24.5. The van der Waals surface area contributed by atoms with Crippen LogP contribution in [-0.2, 0) is 26.5 Å². The zero-order valence-corrected chi connectivity index (χ0v) is 38.7. The maximum atomic E-state index is 9.03. The number of aryl methyl sites for hydroxylation is 1. The van der Waals surface area contributed by atoms with E-state index in [-0.39, 0.29) is 37.8 Å². The summed E-state index contributed by atoms with van der Waals surface area (Å²) >= 11 is 0. The van der Waals surface area contributed by atoms with Crippen LogP contribution in [0.5, 0.6) is 0 Å². The first kappa shape index (κ1) is 36.4. The molecule has 0 radical (unpaired) electrons. The van der Waals surface area contributed by atoms with Crippen molar-refractivity contribution in [2.45, 2.75) is 111 Å². The maximum absolute atomic E-state index is 9.03. The third-order valence-corrected chi connectivity index (χ3v) is 13.6. The molecule has 0 bridgehead atoms. The summed E-state index contributed by atoms with van der Waals surface area (Å²) in [5.41, 5.74) is 11.3. The zero-order valence-electron chi connectivity index (χ0n) is 40.3. The van der Waals surface area contributed by atoms with Crippen molar-refractivity contribution in [3.05, 3.63) is 155 Å². The molecule has 6 heteroatoms. The van der Waals surface area contributed by atoms with E-state index in [1.54, 1.807) is 12.1 Å². The van der Waals surface area contributed by atoms with E-state index in [2.05, 4.69) is 130 Å². The first-order valence-electron chi connectivity index (χ1n) is 23.5. The molecule has 7 aromatic rings. The van der Waals surface area contributed by atoms with Gasteiger partial charge in [0, 0.05) is 35.4 Å². The summed E-state index contributed by atoms with van der Waals surface area (Å²) in [5, 5.41) is 8.51. The number of benzene rings is 5. The van der Waals surface area contributed by atoms with Crippen LogP contribution in [0, 0.1) is 24.9 Å². The van der Waals surface area contributed by atoms with Gasteiger partial charge in [0.15, 0.2) is 0 Å². The van der Waals surface area contributed by atoms with Gasteiger partial charge in [-0.3, -0.25) is 0 Å². The Morgan fingerprint density at radius 2 is 1.56 bits per heavy atom. The van der Waals surface area contributed by atoms with Crippen LogP contribution in [0.2, 0.25) is 19.6 Å². The molecule has 304 valence electrons. The molecule has 1 unspecified atom stereocenters. The monoisotopic (exact) mass is 978 g/mol. The third kappa shape index (κ3) is 9.02. The van der Waals surface area contributed by atoms with Gasteiger partial charge in [-0.25, -0.2) is 0 Å². The molecule has 1 saturated carbocycles. The molecule has 0 N–H and O–H groups in total. The van der Waals surface area contributed by atoms with Crippen molar-refractivity contribution in [3.63, 3.8) is 0 Å². The molecule has 2 aromatic heterocycles. The van der Waals surface area contributed by atoms with E-state index in [0.29, 0.717) is 23.1 Å². The van der Waals surface area contributed by atoms with E-state index < -0.39 is 21.3 Å². The Balaban J connectivity index is 0.000000191. The maximum Gasteiger partial charge on any atom is 3.00 e. The second kappa shape index (κ2) is 18.0. The van der Waals surface area contributed by atoms with Crippen molar-refractivity contribution >= 4 is 52.3 Å². The number of hydrogen-bond acceptors (Lipinski definition) is 3. The summed E-state index contributed by atoms with van der Waals surface area (Å²) in [7, 11) is -1.80. The number of nitrogens with zero attached hydrogens (tertiary/aromatic N) is 3. The molecule has 9 rings (SSSR count). The molecule has 5 aromatic carbocycles. The molecular formula is C53H58IrN3OSi. The number of rotatable bonds is 8. The normalized spacial score (nSPS) is 17.3. The average Bonchev–Trinajstić information content (AvgIpc) is 3.84. The second-order valence-electron chi connectivity index (χ2n) is 17.6. The summed E-state index contributed by atoms with van der Waals surface area (Å²) in [6, 6.07) is 40.8. The van der Waals surface area contributed by atoms with Crippen LogP contribution in [0.1, 0.15) is 112 Å². The number of pyridine rings is 1. The molecule has 59 heavy (non-hydrogen) atoms. The quantitative estimate of drug-likeness (QED) is 0.113. The van der Waals surface area contributed by atoms with Gasteiger partial charge in [0.1, 0.15) is 5.58 Å². The van der Waals surface area contributed by atoms with Crippen molar-refractivity contribution < 1.29 is 31.4 Å². The molecule has 0 amide bonds. The molecule has 1 aliphatic heterocycles. The Labute approximate surface area is 374 Å². The minimum atomic E-state index is -2.16. The Morgan fingerprint density at radius 1 is 0.831 bits per heavy atom. The van der Waals surface area contributed by atoms with Gasteiger partial charge in [0.05, 0.1) is 8.07 Å². The Morgan fingerprint density at radius 3 is 2.25 bits per heavy atom. The standard InChI is InChI=1S/C31H28N2O.C22H30NSi.Ir/c1-19(2)22-11-9-12-23(20(3)4)30(22)33-27-14-7-6-13-26(27)32-31(33)21-16-17-29-25(18-21)24-10-5-8-15-28(24)34-29;1-17-10-12-19(13-11-17)21-15-20(14-18-8-6-5-7-9-18)22(16-23-21)24(2,3)4;/h5-15,17-20,31H,1-4H3;10-12,15-16,18H,5-9,14H2,1-4H3;/q-2;-1;+3/i;1D3,14D2;. The van der Waals surface area contributed by atoms with Crippen LogP contribution in [0.4, 0.5) is 17.1 Å². The number of hydrogen-bond donors (Lipinski definition) is 0. The van der Waals surface area contributed by atoms with E-state index in [0.717, 1.165) is 75.3 Å². The van der Waals surface area contributed by atoms with Crippen molar-refractivity contribution in [3.8, 4) is 11.3 Å². The molecule has 1 atom stereocenters. The van der Waals surface area contributed by atoms with Crippen molar-refractivity contribution in [1.29, 1.82) is 0 Å². The molecule has 0 saturated heterocycles. The van der Waals surface area contributed by atoms with Gasteiger partial charge in [-0.1, -0.05) is 158 Å². The third-order valence-electron chi connectivity index (χ3n) is 11.6. The molecule has 2 aliphatic rings. The molecule has 0 spiro atoms. The summed E-state index contributed by atoms with van der Waals surface area (Å²) in [6.45, 7) is 13.6. The smallest absolute Gasteiger partial charge is 0.661 e. The van der Waals surface area contributed by atoms with Gasteiger partial charge in [-0.15, -0.1) is 47.1 Å². The fraction of sp³-hybridized carbons (Fsp3) is 0.340. The van der Waals surface area contributed by atoms with Crippen LogP contribution in [0.25, 0.3) is 38.5 Å². The van der Waals surface area contributed by atoms with Gasteiger partial charge < -0.3 is 19.6 Å². The molecular weight excluding hydrogens is 915 g/mol. The Kier molecular flexibility index (Phi) is 11.1. The summed E-state index contributed by atoms with van der Waals surface area (Å²) in [4.78, 5) is 7.05. The van der Waals surface area contributed by atoms with Crippen LogP contribution in [0.15, 0.2) is 114 Å². The minimum Gasteiger partial charge on any atom is -0.661 e. The van der Waals surface area contributed by atoms with Crippen molar-refractivity contribution in [2.24, 2.45) is 5.92 Å². The fourth-order valence-electron chi connectivity index (χ4n) is 8.55. The van der Waals surface area contributed by atoms with Crippen molar-refractivity contribution in [1.82, 2.24) is 4.98 Å². The Hall–Kier alpha value is -4.48. The average molecular weight is 978 g/mol. The summed E-state index contributed by atoms with van der Waals surface area (Å²) in [5.74, 6) is 0.821. The van der Waals surface area contributed by atoms with Gasteiger partial charge in [0.25, 0.3) is 0 Å². The van der Waals surface area contributed by atoms with Gasteiger partial charge in [-0.05, 0) is 64.4 Å². The topological polar surface area (TPSA) is 43.4 Å². The number of furan rings is 1. The summed E-state index contributed by atoms with van der Waals surface area (Å²) in [6.07, 6.45) is 5.50. The van der Waals surface area contributed by atoms with Crippen LogP contribution >= 0.6 is 0 Å². The summed E-state index contributed by atoms with van der Waals surface area (Å²) < 4.78 is 46.7. The fourth-order valence-corrected chi connectivity index (χ4v) is 9.95. The van der Waals surface area contributed by atoms with E-state index in [1.807, 2.05) is 30.5 Å². The Bertz CT molecular complexity index is 2710. The van der Waals surface area contributed by atoms with E-state index in [4.69, 9.17) is 16.6 Å². The van der Waals surface area contributed by atoms with E-state index in [9.17, 15) is 0 Å². The zero-order chi connectivity index (χ0) is 44.8. The second-order valence-corrected chi connectivity index (χ2v) is 22.6. The SMILES string of the molecule is CC(C)c1cccc(C(C)C)c1N1c2ccccc2[N-]C1c1[c-]cc2oc3ccccc3c2c1.[2H]C([2H])([2H])c1c[c-]c(-c2cc(C([2H])([2H])C3CCCCC3)c([Si](C)(C)C)cn2)cc1.[Ir+3]. The molecule has 3 heterocycles. The van der Waals surface area contributed by atoms with Crippen molar-refractivity contribution in [2.75, 3.05) is 4.90 Å². The van der Waals surface area contributed by atoms with E-state index in [1.165, 1.54) is 29.3 Å². The molecule has 1 aliphatic carbocycles. The predicted molar refractivity (Wildman–Crippen MR) is 248 cm³/mol. The van der Waals surface area contributed by atoms with E-state index >= 15 is 0 Å². The van der Waals surface area contributed by atoms with Crippen LogP contribution in [0.3, 0.4) is 0 Å². The van der Waals surface area contributed by atoms with Crippen LogP contribution in [-0.4, -0.2) is 13.1 Å². The predicted octanol–water partition coefficient (Wildman–Crippen LogP) is 15.0.